The summed E-state index contributed by atoms with van der Waals surface area (Å²) in [6.07, 6.45) is -0.0311. The molecule has 1 aromatic rings. The Kier molecular flexibility index (Phi) is 4.49. The number of nitro groups is 1. The van der Waals surface area contributed by atoms with Crippen molar-refractivity contribution in [3.05, 3.63) is 39.9 Å². The summed E-state index contributed by atoms with van der Waals surface area (Å²) in [5.74, 6) is -0.196. The van der Waals surface area contributed by atoms with Crippen LogP contribution in [-0.4, -0.2) is 46.9 Å². The van der Waals surface area contributed by atoms with Gasteiger partial charge in [-0.3, -0.25) is 14.9 Å². The van der Waals surface area contributed by atoms with Crippen molar-refractivity contribution in [2.45, 2.75) is 6.10 Å². The van der Waals surface area contributed by atoms with E-state index in [1.54, 1.807) is 11.0 Å². The minimum atomic E-state index is -0.503. The van der Waals surface area contributed by atoms with Crippen LogP contribution in [0, 0.1) is 10.1 Å². The van der Waals surface area contributed by atoms with E-state index in [0.29, 0.717) is 30.6 Å². The van der Waals surface area contributed by atoms with Gasteiger partial charge in [0.2, 0.25) is 0 Å². The van der Waals surface area contributed by atoms with Crippen LogP contribution in [0.15, 0.2) is 24.3 Å². The Hall–Kier alpha value is -1.47. The molecule has 1 aliphatic heterocycles. The van der Waals surface area contributed by atoms with Gasteiger partial charge in [-0.25, -0.2) is 0 Å². The molecule has 0 spiro atoms. The lowest BCUT2D eigenvalue weighted by Crippen LogP contribution is -2.46. The zero-order valence-corrected chi connectivity index (χ0v) is 11.7. The molecule has 1 unspecified atom stereocenters. The van der Waals surface area contributed by atoms with E-state index in [4.69, 9.17) is 4.74 Å². The largest absolute Gasteiger partial charge is 0.374 e. The maximum Gasteiger partial charge on any atom is 0.270 e. The zero-order chi connectivity index (χ0) is 13.8. The maximum atomic E-state index is 12.3. The summed E-state index contributed by atoms with van der Waals surface area (Å²) in [6, 6.07) is 5.79. The van der Waals surface area contributed by atoms with Crippen molar-refractivity contribution in [2.24, 2.45) is 0 Å². The highest BCUT2D eigenvalue weighted by atomic mass is 79.9. The van der Waals surface area contributed by atoms with Gasteiger partial charge in [-0.15, -0.1) is 0 Å². The molecule has 1 aliphatic rings. The third-order valence-corrected chi connectivity index (χ3v) is 3.62. The predicted molar refractivity (Wildman–Crippen MR) is 72.5 cm³/mol. The fourth-order valence-electron chi connectivity index (χ4n) is 1.93. The monoisotopic (exact) mass is 328 g/mol. The van der Waals surface area contributed by atoms with E-state index in [2.05, 4.69) is 15.9 Å². The number of carbonyl (C=O) groups is 1. The van der Waals surface area contributed by atoms with E-state index in [1.165, 1.54) is 18.2 Å². The number of hydrogen-bond donors (Lipinski definition) is 0. The van der Waals surface area contributed by atoms with E-state index in [0.717, 1.165) is 0 Å². The Morgan fingerprint density at radius 3 is 3.05 bits per heavy atom. The molecule has 6 nitrogen and oxygen atoms in total. The van der Waals surface area contributed by atoms with E-state index < -0.39 is 4.92 Å². The van der Waals surface area contributed by atoms with Crippen LogP contribution in [0.3, 0.4) is 0 Å². The lowest BCUT2D eigenvalue weighted by Gasteiger charge is -2.32. The molecular formula is C12H13BrN2O4. The highest BCUT2D eigenvalue weighted by Gasteiger charge is 2.25. The van der Waals surface area contributed by atoms with E-state index >= 15 is 0 Å². The quantitative estimate of drug-likeness (QED) is 0.482. The minimum Gasteiger partial charge on any atom is -0.374 e. The SMILES string of the molecule is O=C(c1cccc([N+](=O)[O-])c1)N1CCOC(CBr)C1. The summed E-state index contributed by atoms with van der Waals surface area (Å²) in [5.41, 5.74) is 0.264. The molecule has 1 amide bonds. The van der Waals surface area contributed by atoms with Crippen LogP contribution in [-0.2, 0) is 4.74 Å². The molecule has 1 heterocycles. The summed E-state index contributed by atoms with van der Waals surface area (Å²) in [5, 5.41) is 11.4. The Labute approximate surface area is 118 Å². The molecule has 0 saturated carbocycles. The number of nitro benzene ring substituents is 1. The van der Waals surface area contributed by atoms with E-state index in [-0.39, 0.29) is 17.7 Å². The molecule has 19 heavy (non-hydrogen) atoms. The molecule has 0 radical (unpaired) electrons. The van der Waals surface area contributed by atoms with Crippen LogP contribution in [0.1, 0.15) is 10.4 Å². The number of rotatable bonds is 3. The van der Waals surface area contributed by atoms with Crippen LogP contribution in [0.5, 0.6) is 0 Å². The van der Waals surface area contributed by atoms with Gasteiger partial charge >= 0.3 is 0 Å². The first-order chi connectivity index (χ1) is 9.11. The first-order valence-electron chi connectivity index (χ1n) is 5.83. The second kappa shape index (κ2) is 6.12. The molecule has 2 rings (SSSR count). The molecule has 1 saturated heterocycles. The fraction of sp³-hybridized carbons (Fsp3) is 0.417. The zero-order valence-electron chi connectivity index (χ0n) is 10.1. The average Bonchev–Trinajstić information content (AvgIpc) is 2.46. The van der Waals surface area contributed by atoms with Crippen molar-refractivity contribution in [2.75, 3.05) is 25.0 Å². The van der Waals surface area contributed by atoms with Gasteiger partial charge in [0.05, 0.1) is 17.6 Å². The number of ether oxygens (including phenoxy) is 1. The lowest BCUT2D eigenvalue weighted by molar-refractivity contribution is -0.384. The molecular weight excluding hydrogens is 316 g/mol. The van der Waals surface area contributed by atoms with Crippen LogP contribution in [0.2, 0.25) is 0 Å². The van der Waals surface area contributed by atoms with Gasteiger partial charge in [-0.1, -0.05) is 22.0 Å². The number of morpholine rings is 1. The summed E-state index contributed by atoms with van der Waals surface area (Å²) >= 11 is 3.32. The van der Waals surface area contributed by atoms with Crippen molar-refractivity contribution in [1.29, 1.82) is 0 Å². The van der Waals surface area contributed by atoms with Gasteiger partial charge in [-0.05, 0) is 6.07 Å². The summed E-state index contributed by atoms with van der Waals surface area (Å²) in [6.45, 7) is 1.48. The minimum absolute atomic E-state index is 0.0311. The number of non-ortho nitro benzene ring substituents is 1. The summed E-state index contributed by atoms with van der Waals surface area (Å²) in [4.78, 5) is 24.1. The number of halogens is 1. The number of hydrogen-bond acceptors (Lipinski definition) is 4. The van der Waals surface area contributed by atoms with E-state index in [1.807, 2.05) is 0 Å². The second-order valence-electron chi connectivity index (χ2n) is 4.21. The highest BCUT2D eigenvalue weighted by molar-refractivity contribution is 9.09. The Balaban J connectivity index is 2.14. The molecule has 0 aromatic heterocycles. The second-order valence-corrected chi connectivity index (χ2v) is 4.85. The third-order valence-electron chi connectivity index (χ3n) is 2.90. The summed E-state index contributed by atoms with van der Waals surface area (Å²) in [7, 11) is 0. The van der Waals surface area contributed by atoms with Crippen LogP contribution in [0.4, 0.5) is 5.69 Å². The molecule has 1 atom stereocenters. The Morgan fingerprint density at radius 2 is 2.37 bits per heavy atom. The van der Waals surface area contributed by atoms with Crippen LogP contribution < -0.4 is 0 Å². The first-order valence-corrected chi connectivity index (χ1v) is 6.95. The summed E-state index contributed by atoms with van der Waals surface area (Å²) < 4.78 is 5.46. The van der Waals surface area contributed by atoms with Gasteiger partial charge in [0.15, 0.2) is 0 Å². The van der Waals surface area contributed by atoms with Crippen molar-refractivity contribution in [3.63, 3.8) is 0 Å². The molecule has 1 fully saturated rings. The third kappa shape index (κ3) is 3.30. The standard InChI is InChI=1S/C12H13BrN2O4/c13-7-11-8-14(4-5-19-11)12(16)9-2-1-3-10(6-9)15(17)18/h1-3,6,11H,4-5,7-8H2. The van der Waals surface area contributed by atoms with Crippen molar-refractivity contribution < 1.29 is 14.5 Å². The lowest BCUT2D eigenvalue weighted by atomic mass is 10.1. The highest BCUT2D eigenvalue weighted by Crippen LogP contribution is 2.16. The van der Waals surface area contributed by atoms with Crippen LogP contribution in [0.25, 0.3) is 0 Å². The number of carbonyl (C=O) groups excluding carboxylic acids is 1. The molecule has 102 valence electrons. The van der Waals surface area contributed by atoms with Crippen molar-refractivity contribution in [3.8, 4) is 0 Å². The number of alkyl halides is 1. The van der Waals surface area contributed by atoms with Gasteiger partial charge in [-0.2, -0.15) is 0 Å². The van der Waals surface area contributed by atoms with Gasteiger partial charge in [0.1, 0.15) is 0 Å². The van der Waals surface area contributed by atoms with Crippen LogP contribution >= 0.6 is 15.9 Å². The number of amides is 1. The van der Waals surface area contributed by atoms with Crippen molar-refractivity contribution >= 4 is 27.5 Å². The fourth-order valence-corrected chi connectivity index (χ4v) is 2.32. The molecule has 0 aliphatic carbocycles. The van der Waals surface area contributed by atoms with E-state index in [9.17, 15) is 14.9 Å². The van der Waals surface area contributed by atoms with Crippen molar-refractivity contribution in [1.82, 2.24) is 4.90 Å². The maximum absolute atomic E-state index is 12.3. The molecule has 0 bridgehead atoms. The van der Waals surface area contributed by atoms with Gasteiger partial charge < -0.3 is 9.64 Å². The predicted octanol–water partition coefficient (Wildman–Crippen LogP) is 1.83. The smallest absolute Gasteiger partial charge is 0.270 e. The molecule has 0 N–H and O–H groups in total. The average molecular weight is 329 g/mol. The Morgan fingerprint density at radius 1 is 1.58 bits per heavy atom. The van der Waals surface area contributed by atoms with Gasteiger partial charge in [0, 0.05) is 36.1 Å². The molecule has 7 heteroatoms. The number of benzene rings is 1. The normalized spacial score (nSPS) is 19.2. The van der Waals surface area contributed by atoms with Gasteiger partial charge in [0.25, 0.3) is 11.6 Å². The Bertz CT molecular complexity index is 494. The molecule has 1 aromatic carbocycles. The number of nitrogens with zero attached hydrogens (tertiary/aromatic N) is 2. The topological polar surface area (TPSA) is 72.7 Å². The first kappa shape index (κ1) is 14.0.